The number of benzene rings is 1. The zero-order valence-electron chi connectivity index (χ0n) is 10.9. The topological polar surface area (TPSA) is 60.6 Å². The van der Waals surface area contributed by atoms with Gasteiger partial charge in [0.25, 0.3) is 0 Å². The van der Waals surface area contributed by atoms with Crippen LogP contribution >= 0.6 is 0 Å². The Morgan fingerprint density at radius 2 is 2.20 bits per heavy atom. The van der Waals surface area contributed by atoms with Crippen LogP contribution in [-0.2, 0) is 13.6 Å². The molecule has 6 nitrogen and oxygen atoms in total. The highest BCUT2D eigenvalue weighted by molar-refractivity contribution is 5.52. The molecule has 3 aromatic rings. The van der Waals surface area contributed by atoms with Gasteiger partial charge in [-0.05, 0) is 40.3 Å². The first-order chi connectivity index (χ1) is 9.72. The molecule has 2 aromatic heterocycles. The highest BCUT2D eigenvalue weighted by Gasteiger charge is 2.06. The van der Waals surface area contributed by atoms with Crippen LogP contribution in [0, 0.1) is 5.82 Å². The van der Waals surface area contributed by atoms with Crippen molar-refractivity contribution < 1.29 is 4.39 Å². The van der Waals surface area contributed by atoms with Gasteiger partial charge in [0.05, 0.1) is 11.4 Å². The quantitative estimate of drug-likeness (QED) is 0.786. The Morgan fingerprint density at radius 3 is 2.90 bits per heavy atom. The first-order valence-electron chi connectivity index (χ1n) is 6.10. The Morgan fingerprint density at radius 1 is 1.30 bits per heavy atom. The van der Waals surface area contributed by atoms with Crippen LogP contribution in [0.1, 0.15) is 5.56 Å². The highest BCUT2D eigenvalue weighted by atomic mass is 19.1. The summed E-state index contributed by atoms with van der Waals surface area (Å²) in [5.41, 5.74) is 2.20. The number of anilines is 1. The number of tetrazole rings is 1. The summed E-state index contributed by atoms with van der Waals surface area (Å²) in [6.45, 7) is 0.552. The third kappa shape index (κ3) is 2.51. The molecule has 0 radical (unpaired) electrons. The normalized spacial score (nSPS) is 10.7. The molecule has 0 amide bonds. The van der Waals surface area contributed by atoms with Gasteiger partial charge in [0, 0.05) is 26.0 Å². The lowest BCUT2D eigenvalue weighted by Crippen LogP contribution is -2.03. The van der Waals surface area contributed by atoms with Crippen molar-refractivity contribution in [3.05, 3.63) is 54.4 Å². The first kappa shape index (κ1) is 12.3. The summed E-state index contributed by atoms with van der Waals surface area (Å²) in [4.78, 5) is 0. The van der Waals surface area contributed by atoms with Crippen molar-refractivity contribution in [2.45, 2.75) is 6.54 Å². The molecule has 0 saturated carbocycles. The smallest absolute Gasteiger partial charge is 0.146 e. The summed E-state index contributed by atoms with van der Waals surface area (Å²) in [5, 5.41) is 14.0. The van der Waals surface area contributed by atoms with Crippen molar-refractivity contribution >= 4 is 5.69 Å². The molecule has 20 heavy (non-hydrogen) atoms. The van der Waals surface area contributed by atoms with Crippen LogP contribution in [-0.4, -0.2) is 24.8 Å². The van der Waals surface area contributed by atoms with Gasteiger partial charge in [0.15, 0.2) is 0 Å². The van der Waals surface area contributed by atoms with Gasteiger partial charge >= 0.3 is 0 Å². The lowest BCUT2D eigenvalue weighted by molar-refractivity contribution is 0.629. The van der Waals surface area contributed by atoms with E-state index in [9.17, 15) is 4.39 Å². The number of nitrogens with zero attached hydrogens (tertiary/aromatic N) is 5. The minimum absolute atomic E-state index is 0.308. The largest absolute Gasteiger partial charge is 0.378 e. The lowest BCUT2D eigenvalue weighted by Gasteiger charge is -2.08. The number of hydrogen-bond acceptors (Lipinski definition) is 4. The fourth-order valence-electron chi connectivity index (χ4n) is 1.93. The number of halogens is 1. The van der Waals surface area contributed by atoms with Crippen LogP contribution in [0.25, 0.3) is 5.69 Å². The van der Waals surface area contributed by atoms with Crippen molar-refractivity contribution in [3.8, 4) is 5.69 Å². The molecule has 0 aliphatic rings. The summed E-state index contributed by atoms with van der Waals surface area (Å²) < 4.78 is 17.2. The molecule has 0 aliphatic carbocycles. The molecule has 0 saturated heterocycles. The summed E-state index contributed by atoms with van der Waals surface area (Å²) in [5.74, 6) is -0.308. The van der Waals surface area contributed by atoms with Crippen molar-refractivity contribution in [2.75, 3.05) is 5.32 Å². The standard InChI is InChI=1S/C13H13FN6/c1-19-5-4-10(8-19)7-15-13-6-11(2-3-12(13)14)20-9-16-17-18-20/h2-6,8-9,15H,7H2,1H3. The van der Waals surface area contributed by atoms with Crippen LogP contribution in [0.3, 0.4) is 0 Å². The number of nitrogens with one attached hydrogen (secondary N) is 1. The van der Waals surface area contributed by atoms with Crippen molar-refractivity contribution in [1.82, 2.24) is 24.8 Å². The molecule has 0 aliphatic heterocycles. The van der Waals surface area contributed by atoms with Crippen LogP contribution < -0.4 is 5.32 Å². The van der Waals surface area contributed by atoms with E-state index in [1.807, 2.05) is 30.1 Å². The molecule has 2 heterocycles. The fourth-order valence-corrected chi connectivity index (χ4v) is 1.93. The summed E-state index contributed by atoms with van der Waals surface area (Å²) >= 11 is 0. The van der Waals surface area contributed by atoms with E-state index in [2.05, 4.69) is 20.8 Å². The summed E-state index contributed by atoms with van der Waals surface area (Å²) in [7, 11) is 1.95. The summed E-state index contributed by atoms with van der Waals surface area (Å²) in [6.07, 6.45) is 5.40. The zero-order chi connectivity index (χ0) is 13.9. The minimum atomic E-state index is -0.308. The SMILES string of the molecule is Cn1ccc(CNc2cc(-n3cnnn3)ccc2F)c1. The van der Waals surface area contributed by atoms with Gasteiger partial charge in [0.1, 0.15) is 12.1 Å². The maximum absolute atomic E-state index is 13.8. The second-order valence-corrected chi connectivity index (χ2v) is 4.46. The van der Waals surface area contributed by atoms with Crippen LogP contribution in [0.2, 0.25) is 0 Å². The molecule has 0 unspecified atom stereocenters. The van der Waals surface area contributed by atoms with Gasteiger partial charge in [-0.3, -0.25) is 0 Å². The monoisotopic (exact) mass is 272 g/mol. The van der Waals surface area contributed by atoms with Gasteiger partial charge in [0.2, 0.25) is 0 Å². The predicted molar refractivity (Wildman–Crippen MR) is 71.9 cm³/mol. The van der Waals surface area contributed by atoms with Gasteiger partial charge < -0.3 is 9.88 Å². The van der Waals surface area contributed by atoms with Gasteiger partial charge in [-0.2, -0.15) is 0 Å². The maximum Gasteiger partial charge on any atom is 0.146 e. The van der Waals surface area contributed by atoms with Crippen LogP contribution in [0.5, 0.6) is 0 Å². The number of rotatable bonds is 4. The molecule has 1 N–H and O–H groups in total. The summed E-state index contributed by atoms with van der Waals surface area (Å²) in [6, 6.07) is 6.68. The maximum atomic E-state index is 13.8. The Labute approximate surface area is 114 Å². The van der Waals surface area contributed by atoms with Crippen molar-refractivity contribution in [3.63, 3.8) is 0 Å². The lowest BCUT2D eigenvalue weighted by atomic mass is 10.2. The molecule has 0 spiro atoms. The van der Waals surface area contributed by atoms with Crippen LogP contribution in [0.4, 0.5) is 10.1 Å². The Kier molecular flexibility index (Phi) is 3.16. The van der Waals surface area contributed by atoms with Crippen LogP contribution in [0.15, 0.2) is 43.0 Å². The second-order valence-electron chi connectivity index (χ2n) is 4.46. The van der Waals surface area contributed by atoms with Gasteiger partial charge in [-0.25, -0.2) is 9.07 Å². The number of aryl methyl sites for hydroxylation is 1. The Hall–Kier alpha value is -2.70. The molecule has 0 atom stereocenters. The van der Waals surface area contributed by atoms with E-state index in [4.69, 9.17) is 0 Å². The molecule has 0 bridgehead atoms. The minimum Gasteiger partial charge on any atom is -0.378 e. The van der Waals surface area contributed by atoms with E-state index in [1.165, 1.54) is 17.1 Å². The average molecular weight is 272 g/mol. The molecule has 3 rings (SSSR count). The van der Waals surface area contributed by atoms with E-state index in [1.54, 1.807) is 12.1 Å². The van der Waals surface area contributed by atoms with E-state index < -0.39 is 0 Å². The molecule has 1 aromatic carbocycles. The number of aromatic nitrogens is 5. The third-order valence-corrected chi connectivity index (χ3v) is 2.94. The first-order valence-corrected chi connectivity index (χ1v) is 6.10. The number of hydrogen-bond donors (Lipinski definition) is 1. The molecule has 0 fully saturated rings. The Bertz CT molecular complexity index is 703. The van der Waals surface area contributed by atoms with E-state index in [0.29, 0.717) is 17.9 Å². The van der Waals surface area contributed by atoms with Gasteiger partial charge in [-0.1, -0.05) is 0 Å². The zero-order valence-corrected chi connectivity index (χ0v) is 10.9. The average Bonchev–Trinajstić information content (AvgIpc) is 3.09. The highest BCUT2D eigenvalue weighted by Crippen LogP contribution is 2.19. The van der Waals surface area contributed by atoms with E-state index in [-0.39, 0.29) is 5.82 Å². The predicted octanol–water partition coefficient (Wildman–Crippen LogP) is 1.75. The fraction of sp³-hybridized carbons (Fsp3) is 0.154. The second kappa shape index (κ2) is 5.12. The Balaban J connectivity index is 1.80. The third-order valence-electron chi connectivity index (χ3n) is 2.94. The van der Waals surface area contributed by atoms with Crippen molar-refractivity contribution in [2.24, 2.45) is 7.05 Å². The van der Waals surface area contributed by atoms with Gasteiger partial charge in [-0.15, -0.1) is 5.10 Å². The van der Waals surface area contributed by atoms with Crippen molar-refractivity contribution in [1.29, 1.82) is 0 Å². The molecule has 102 valence electrons. The van der Waals surface area contributed by atoms with E-state index >= 15 is 0 Å². The molecular weight excluding hydrogens is 259 g/mol. The van der Waals surface area contributed by atoms with E-state index in [0.717, 1.165) is 5.56 Å². The molecular formula is C13H13FN6. The molecule has 7 heteroatoms.